The fraction of sp³-hybridized carbons (Fsp3) is 0.250. The molecule has 4 nitrogen and oxygen atoms in total. The van der Waals surface area contributed by atoms with Gasteiger partial charge >= 0.3 is 0 Å². The molecule has 5 heteroatoms. The number of aromatic hydroxyl groups is 1. The van der Waals surface area contributed by atoms with Crippen LogP contribution < -0.4 is 5.32 Å². The maximum Gasteiger partial charge on any atom is 0.115 e. The standard InChI is InChI=1S/C16H18ClNO3/c17-13-5-1-11(2-6-13)16(18-9-15(21)10-19)12-3-7-14(20)8-4-12/h1-8,15-16,18-21H,9-10H2. The Morgan fingerprint density at radius 1 is 0.952 bits per heavy atom. The van der Waals surface area contributed by atoms with E-state index in [-0.39, 0.29) is 24.9 Å². The Bertz CT molecular complexity index is 511. The normalized spacial score (nSPS) is 13.9. The molecule has 0 spiro atoms. The van der Waals surface area contributed by atoms with Gasteiger partial charge in [0.25, 0.3) is 0 Å². The average molecular weight is 308 g/mol. The van der Waals surface area contributed by atoms with Crippen molar-refractivity contribution in [1.29, 1.82) is 0 Å². The van der Waals surface area contributed by atoms with Gasteiger partial charge in [-0.15, -0.1) is 0 Å². The first-order valence-corrected chi connectivity index (χ1v) is 7.04. The summed E-state index contributed by atoms with van der Waals surface area (Å²) in [5.41, 5.74) is 1.93. The van der Waals surface area contributed by atoms with Crippen molar-refractivity contribution in [2.24, 2.45) is 0 Å². The first kappa shape index (κ1) is 15.8. The zero-order valence-electron chi connectivity index (χ0n) is 11.4. The summed E-state index contributed by atoms with van der Waals surface area (Å²) in [7, 11) is 0. The highest BCUT2D eigenvalue weighted by Gasteiger charge is 2.15. The molecule has 0 amide bonds. The molecule has 2 aromatic carbocycles. The van der Waals surface area contributed by atoms with E-state index in [0.717, 1.165) is 11.1 Å². The number of hydrogen-bond acceptors (Lipinski definition) is 4. The third-order valence-corrected chi connectivity index (χ3v) is 3.45. The van der Waals surface area contributed by atoms with Crippen LogP contribution in [0.15, 0.2) is 48.5 Å². The molecule has 21 heavy (non-hydrogen) atoms. The SMILES string of the molecule is OCC(O)CNC(c1ccc(O)cc1)c1ccc(Cl)cc1. The molecule has 112 valence electrons. The molecule has 0 heterocycles. The van der Waals surface area contributed by atoms with Crippen molar-refractivity contribution in [2.75, 3.05) is 13.2 Å². The minimum Gasteiger partial charge on any atom is -0.508 e. The smallest absolute Gasteiger partial charge is 0.115 e. The molecule has 2 aromatic rings. The van der Waals surface area contributed by atoms with E-state index in [1.807, 2.05) is 24.3 Å². The Kier molecular flexibility index (Phi) is 5.59. The zero-order chi connectivity index (χ0) is 15.2. The lowest BCUT2D eigenvalue weighted by Crippen LogP contribution is -2.32. The predicted octanol–water partition coefficient (Wildman–Crippen LogP) is 2.08. The van der Waals surface area contributed by atoms with Crippen molar-refractivity contribution in [3.8, 4) is 5.75 Å². The predicted molar refractivity (Wildman–Crippen MR) is 82.5 cm³/mol. The van der Waals surface area contributed by atoms with E-state index in [4.69, 9.17) is 16.7 Å². The highest BCUT2D eigenvalue weighted by molar-refractivity contribution is 6.30. The third-order valence-electron chi connectivity index (χ3n) is 3.20. The number of hydrogen-bond donors (Lipinski definition) is 4. The summed E-state index contributed by atoms with van der Waals surface area (Å²) < 4.78 is 0. The Morgan fingerprint density at radius 2 is 1.48 bits per heavy atom. The molecule has 0 bridgehead atoms. The molecule has 2 rings (SSSR count). The van der Waals surface area contributed by atoms with E-state index in [0.29, 0.717) is 5.02 Å². The van der Waals surface area contributed by atoms with Crippen molar-refractivity contribution >= 4 is 11.6 Å². The van der Waals surface area contributed by atoms with Gasteiger partial charge < -0.3 is 20.6 Å². The molecule has 0 saturated carbocycles. The third kappa shape index (κ3) is 4.44. The van der Waals surface area contributed by atoms with E-state index in [1.54, 1.807) is 24.3 Å². The highest BCUT2D eigenvalue weighted by atomic mass is 35.5. The van der Waals surface area contributed by atoms with Gasteiger partial charge in [-0.25, -0.2) is 0 Å². The number of phenols is 1. The van der Waals surface area contributed by atoms with E-state index in [2.05, 4.69) is 5.32 Å². The van der Waals surface area contributed by atoms with Gasteiger partial charge in [-0.2, -0.15) is 0 Å². The number of halogens is 1. The molecular weight excluding hydrogens is 290 g/mol. The summed E-state index contributed by atoms with van der Waals surface area (Å²) >= 11 is 5.91. The van der Waals surface area contributed by atoms with Crippen LogP contribution in [0.4, 0.5) is 0 Å². The van der Waals surface area contributed by atoms with Crippen LogP contribution in [0, 0.1) is 0 Å². The lowest BCUT2D eigenvalue weighted by Gasteiger charge is -2.21. The van der Waals surface area contributed by atoms with Crippen LogP contribution in [0.25, 0.3) is 0 Å². The lowest BCUT2D eigenvalue weighted by atomic mass is 9.98. The highest BCUT2D eigenvalue weighted by Crippen LogP contribution is 2.25. The van der Waals surface area contributed by atoms with Crippen LogP contribution in [0.1, 0.15) is 17.2 Å². The van der Waals surface area contributed by atoms with Gasteiger partial charge in [-0.3, -0.25) is 0 Å². The maximum absolute atomic E-state index is 9.52. The fourth-order valence-electron chi connectivity index (χ4n) is 2.07. The number of nitrogens with one attached hydrogen (secondary N) is 1. The fourth-order valence-corrected chi connectivity index (χ4v) is 2.19. The van der Waals surface area contributed by atoms with Crippen LogP contribution >= 0.6 is 11.6 Å². The van der Waals surface area contributed by atoms with Gasteiger partial charge in [0.2, 0.25) is 0 Å². The topological polar surface area (TPSA) is 72.7 Å². The molecule has 0 fully saturated rings. The Labute approximate surface area is 128 Å². The number of aliphatic hydroxyl groups excluding tert-OH is 2. The summed E-state index contributed by atoms with van der Waals surface area (Å²) in [6, 6.07) is 14.1. The maximum atomic E-state index is 9.52. The number of benzene rings is 2. The van der Waals surface area contributed by atoms with Gasteiger partial charge in [0.15, 0.2) is 0 Å². The van der Waals surface area contributed by atoms with Crippen molar-refractivity contribution < 1.29 is 15.3 Å². The van der Waals surface area contributed by atoms with Crippen molar-refractivity contribution in [2.45, 2.75) is 12.1 Å². The molecule has 2 unspecified atom stereocenters. The van der Waals surface area contributed by atoms with Crippen LogP contribution in [-0.2, 0) is 0 Å². The molecule has 0 aliphatic rings. The van der Waals surface area contributed by atoms with Crippen molar-refractivity contribution in [3.05, 3.63) is 64.7 Å². The second kappa shape index (κ2) is 7.43. The monoisotopic (exact) mass is 307 g/mol. The molecule has 0 aliphatic carbocycles. The van der Waals surface area contributed by atoms with Crippen LogP contribution in [0.2, 0.25) is 5.02 Å². The minimum atomic E-state index is -0.822. The molecule has 0 saturated heterocycles. The second-order valence-electron chi connectivity index (χ2n) is 4.82. The van der Waals surface area contributed by atoms with E-state index in [1.165, 1.54) is 0 Å². The number of rotatable bonds is 6. The zero-order valence-corrected chi connectivity index (χ0v) is 12.2. The minimum absolute atomic E-state index is 0.163. The molecular formula is C16H18ClNO3. The van der Waals surface area contributed by atoms with Gasteiger partial charge in [-0.1, -0.05) is 35.9 Å². The summed E-state index contributed by atoms with van der Waals surface area (Å²) in [5.74, 6) is 0.198. The van der Waals surface area contributed by atoms with Gasteiger partial charge in [0, 0.05) is 11.6 Å². The van der Waals surface area contributed by atoms with Crippen molar-refractivity contribution in [3.63, 3.8) is 0 Å². The van der Waals surface area contributed by atoms with Crippen LogP contribution in [0.5, 0.6) is 5.75 Å². The van der Waals surface area contributed by atoms with Crippen LogP contribution in [-0.4, -0.2) is 34.6 Å². The largest absolute Gasteiger partial charge is 0.508 e. The molecule has 0 aromatic heterocycles. The Morgan fingerprint density at radius 3 is 2.00 bits per heavy atom. The van der Waals surface area contributed by atoms with E-state index >= 15 is 0 Å². The Balaban J connectivity index is 2.25. The molecule has 0 radical (unpaired) electrons. The van der Waals surface area contributed by atoms with E-state index in [9.17, 15) is 10.2 Å². The average Bonchev–Trinajstić information content (AvgIpc) is 2.50. The first-order valence-electron chi connectivity index (χ1n) is 6.67. The molecule has 0 aliphatic heterocycles. The summed E-state index contributed by atoms with van der Waals surface area (Å²) in [5, 5.41) is 31.7. The number of phenolic OH excluding ortho intramolecular Hbond substituents is 1. The number of aliphatic hydroxyl groups is 2. The van der Waals surface area contributed by atoms with Crippen LogP contribution in [0.3, 0.4) is 0 Å². The summed E-state index contributed by atoms with van der Waals surface area (Å²) in [6.45, 7) is -0.0411. The van der Waals surface area contributed by atoms with E-state index < -0.39 is 6.10 Å². The summed E-state index contributed by atoms with van der Waals surface area (Å²) in [4.78, 5) is 0. The quantitative estimate of drug-likeness (QED) is 0.659. The second-order valence-corrected chi connectivity index (χ2v) is 5.26. The lowest BCUT2D eigenvalue weighted by molar-refractivity contribution is 0.0929. The Hall–Kier alpha value is -1.59. The van der Waals surface area contributed by atoms with Crippen molar-refractivity contribution in [1.82, 2.24) is 5.32 Å². The van der Waals surface area contributed by atoms with Gasteiger partial charge in [-0.05, 0) is 35.4 Å². The summed E-state index contributed by atoms with van der Waals surface area (Å²) in [6.07, 6.45) is -0.822. The molecule has 2 atom stereocenters. The molecule has 4 N–H and O–H groups in total. The van der Waals surface area contributed by atoms with Gasteiger partial charge in [0.05, 0.1) is 18.8 Å². The van der Waals surface area contributed by atoms with Gasteiger partial charge in [0.1, 0.15) is 5.75 Å². The first-order chi connectivity index (χ1) is 10.1.